The van der Waals surface area contributed by atoms with Gasteiger partial charge in [-0.2, -0.15) is 0 Å². The van der Waals surface area contributed by atoms with Gasteiger partial charge in [0.15, 0.2) is 5.72 Å². The van der Waals surface area contributed by atoms with Crippen LogP contribution >= 0.6 is 0 Å². The van der Waals surface area contributed by atoms with Gasteiger partial charge in [-0.1, -0.05) is 30.3 Å². The van der Waals surface area contributed by atoms with Crippen molar-refractivity contribution in [1.82, 2.24) is 19.6 Å². The third-order valence-corrected chi connectivity index (χ3v) is 7.13. The van der Waals surface area contributed by atoms with Crippen LogP contribution < -0.4 is 0 Å². The number of benzene rings is 1. The number of carbonyl (C=O) groups excluding carboxylic acids is 2. The number of hydrogen-bond donors (Lipinski definition) is 0. The van der Waals surface area contributed by atoms with Gasteiger partial charge < -0.3 is 19.4 Å². The molecule has 4 heterocycles. The molecule has 4 saturated heterocycles. The number of rotatable bonds is 3. The summed E-state index contributed by atoms with van der Waals surface area (Å²) in [6.45, 7) is 5.57. The van der Waals surface area contributed by atoms with Gasteiger partial charge in [0, 0.05) is 26.1 Å². The third kappa shape index (κ3) is 3.16. The molecule has 0 aromatic heterocycles. The predicted octanol–water partition coefficient (Wildman–Crippen LogP) is 0.925. The molecule has 2 amide bonds. The molecule has 0 aliphatic carbocycles. The third-order valence-electron chi connectivity index (χ3n) is 7.13. The van der Waals surface area contributed by atoms with Crippen LogP contribution in [0.3, 0.4) is 0 Å². The molecule has 0 saturated carbocycles. The smallest absolute Gasteiger partial charge is 0.237 e. The van der Waals surface area contributed by atoms with Crippen molar-refractivity contribution in [3.63, 3.8) is 0 Å². The van der Waals surface area contributed by atoms with Crippen LogP contribution in [0.1, 0.15) is 30.9 Å². The maximum absolute atomic E-state index is 13.2. The van der Waals surface area contributed by atoms with Crippen LogP contribution in [0.15, 0.2) is 30.3 Å². The van der Waals surface area contributed by atoms with Crippen LogP contribution in [0.2, 0.25) is 0 Å². The maximum atomic E-state index is 13.2. The number of hydrogen-bond acceptors (Lipinski definition) is 5. The Labute approximate surface area is 172 Å². The predicted molar refractivity (Wildman–Crippen MR) is 108 cm³/mol. The lowest BCUT2D eigenvalue weighted by Gasteiger charge is -2.34. The Morgan fingerprint density at radius 1 is 1.14 bits per heavy atom. The molecule has 1 aromatic carbocycles. The molecule has 5 rings (SSSR count). The van der Waals surface area contributed by atoms with Crippen LogP contribution in [0.5, 0.6) is 0 Å². The van der Waals surface area contributed by atoms with Crippen molar-refractivity contribution in [3.8, 4) is 0 Å². The summed E-state index contributed by atoms with van der Waals surface area (Å²) < 4.78 is 6.32. The van der Waals surface area contributed by atoms with E-state index in [9.17, 15) is 9.59 Å². The Morgan fingerprint density at radius 2 is 1.97 bits per heavy atom. The lowest BCUT2D eigenvalue weighted by atomic mass is 10.0. The molecular formula is C22H30N4O3. The Bertz CT molecular complexity index is 788. The molecule has 0 radical (unpaired) electrons. The van der Waals surface area contributed by atoms with Crippen LogP contribution in [-0.2, 0) is 14.3 Å². The summed E-state index contributed by atoms with van der Waals surface area (Å²) >= 11 is 0. The van der Waals surface area contributed by atoms with Gasteiger partial charge in [-0.3, -0.25) is 14.5 Å². The fraction of sp³-hybridized carbons (Fsp3) is 0.636. The Morgan fingerprint density at radius 3 is 2.79 bits per heavy atom. The Balaban J connectivity index is 1.31. The summed E-state index contributed by atoms with van der Waals surface area (Å²) in [5.74, 6) is 0.244. The molecule has 7 nitrogen and oxygen atoms in total. The fourth-order valence-electron chi connectivity index (χ4n) is 5.60. The Hall–Kier alpha value is -1.96. The number of nitrogens with zero attached hydrogens (tertiary/aromatic N) is 4. The van der Waals surface area contributed by atoms with E-state index in [2.05, 4.69) is 29.0 Å². The van der Waals surface area contributed by atoms with Crippen molar-refractivity contribution < 1.29 is 14.3 Å². The van der Waals surface area contributed by atoms with E-state index in [-0.39, 0.29) is 23.9 Å². The average Bonchev–Trinajstić information content (AvgIpc) is 3.30. The first-order chi connectivity index (χ1) is 14.1. The van der Waals surface area contributed by atoms with E-state index in [0.29, 0.717) is 32.5 Å². The number of amides is 2. The highest BCUT2D eigenvalue weighted by atomic mass is 16.5. The van der Waals surface area contributed by atoms with Crippen molar-refractivity contribution in [2.24, 2.45) is 0 Å². The second kappa shape index (κ2) is 7.38. The summed E-state index contributed by atoms with van der Waals surface area (Å²) in [5.41, 5.74) is 0.476. The maximum Gasteiger partial charge on any atom is 0.237 e. The van der Waals surface area contributed by atoms with E-state index in [1.54, 1.807) is 0 Å². The lowest BCUT2D eigenvalue weighted by Crippen LogP contribution is -2.50. The molecule has 0 N–H and O–H groups in total. The molecule has 4 fully saturated rings. The molecule has 0 unspecified atom stereocenters. The van der Waals surface area contributed by atoms with Gasteiger partial charge in [-0.15, -0.1) is 0 Å². The largest absolute Gasteiger partial charge is 0.351 e. The minimum absolute atomic E-state index is 0.0510. The van der Waals surface area contributed by atoms with Gasteiger partial charge in [0.25, 0.3) is 0 Å². The summed E-state index contributed by atoms with van der Waals surface area (Å²) in [5, 5.41) is 0. The highest BCUT2D eigenvalue weighted by molar-refractivity contribution is 5.85. The summed E-state index contributed by atoms with van der Waals surface area (Å²) in [4.78, 5) is 34.6. The van der Waals surface area contributed by atoms with Gasteiger partial charge in [0.2, 0.25) is 11.8 Å². The van der Waals surface area contributed by atoms with Gasteiger partial charge in [-0.25, -0.2) is 0 Å². The molecule has 4 aliphatic rings. The normalized spacial score (nSPS) is 33.1. The molecule has 0 bridgehead atoms. The number of carbonyl (C=O) groups is 2. The van der Waals surface area contributed by atoms with Gasteiger partial charge in [-0.05, 0) is 32.1 Å². The SMILES string of the molecule is CN1CCCN(CC(=O)N2CC[C@@]34OC[C@@H](c5ccccc5)N3C(=O)C[C@@H]24)CC1. The van der Waals surface area contributed by atoms with Gasteiger partial charge in [0.1, 0.15) is 0 Å². The van der Waals surface area contributed by atoms with E-state index in [1.165, 1.54) is 0 Å². The Kier molecular flexibility index (Phi) is 4.84. The van der Waals surface area contributed by atoms with Crippen LogP contribution in [0.25, 0.3) is 0 Å². The average molecular weight is 399 g/mol. The second-order valence-corrected chi connectivity index (χ2v) is 8.84. The van der Waals surface area contributed by atoms with Gasteiger partial charge >= 0.3 is 0 Å². The van der Waals surface area contributed by atoms with Crippen molar-refractivity contribution in [2.45, 2.75) is 37.1 Å². The lowest BCUT2D eigenvalue weighted by molar-refractivity contribution is -0.141. The molecule has 1 spiro atoms. The number of likely N-dealkylation sites (N-methyl/N-ethyl adjacent to an activating group) is 1. The molecule has 4 aliphatic heterocycles. The van der Waals surface area contributed by atoms with Crippen LogP contribution in [0, 0.1) is 0 Å². The van der Waals surface area contributed by atoms with E-state index < -0.39 is 5.72 Å². The quantitative estimate of drug-likeness (QED) is 0.758. The van der Waals surface area contributed by atoms with Gasteiger partial charge in [0.05, 0.1) is 31.7 Å². The minimum Gasteiger partial charge on any atom is -0.351 e. The highest BCUT2D eigenvalue weighted by Crippen LogP contribution is 2.51. The molecule has 1 aromatic rings. The van der Waals surface area contributed by atoms with E-state index in [0.717, 1.165) is 38.2 Å². The van der Waals surface area contributed by atoms with Crippen molar-refractivity contribution >= 4 is 11.8 Å². The van der Waals surface area contributed by atoms with E-state index in [1.807, 2.05) is 28.0 Å². The first-order valence-electron chi connectivity index (χ1n) is 10.8. The molecule has 7 heteroatoms. The zero-order valence-corrected chi connectivity index (χ0v) is 17.1. The van der Waals surface area contributed by atoms with Crippen molar-refractivity contribution in [2.75, 3.05) is 52.9 Å². The minimum atomic E-state index is -0.633. The first-order valence-corrected chi connectivity index (χ1v) is 10.8. The van der Waals surface area contributed by atoms with E-state index in [4.69, 9.17) is 4.74 Å². The van der Waals surface area contributed by atoms with E-state index >= 15 is 0 Å². The standard InChI is InChI=1S/C22H30N4O3/c1-23-9-5-10-24(13-12-23)15-21(28)25-11-8-22-19(25)14-20(27)26(22)18(16-29-22)17-6-3-2-4-7-17/h2-4,6-7,18-19H,5,8-16H2,1H3/t18-,19+,22-/m0/s1. The fourth-order valence-corrected chi connectivity index (χ4v) is 5.60. The highest BCUT2D eigenvalue weighted by Gasteiger charge is 2.65. The van der Waals surface area contributed by atoms with Crippen LogP contribution in [0.4, 0.5) is 0 Å². The summed E-state index contributed by atoms with van der Waals surface area (Å²) in [6, 6.07) is 9.89. The molecule has 3 atom stereocenters. The number of ether oxygens (including phenoxy) is 1. The van der Waals surface area contributed by atoms with Crippen LogP contribution in [-0.4, -0.2) is 96.1 Å². The molecule has 156 valence electrons. The summed E-state index contributed by atoms with van der Waals surface area (Å²) in [6.07, 6.45) is 2.17. The summed E-state index contributed by atoms with van der Waals surface area (Å²) in [7, 11) is 2.13. The van der Waals surface area contributed by atoms with Crippen molar-refractivity contribution in [3.05, 3.63) is 35.9 Å². The number of likely N-dealkylation sites (tertiary alicyclic amines) is 1. The zero-order chi connectivity index (χ0) is 20.0. The van der Waals surface area contributed by atoms with Crippen molar-refractivity contribution in [1.29, 1.82) is 0 Å². The topological polar surface area (TPSA) is 56.3 Å². The molecule has 29 heavy (non-hydrogen) atoms. The second-order valence-electron chi connectivity index (χ2n) is 8.84. The zero-order valence-electron chi connectivity index (χ0n) is 17.1. The first kappa shape index (κ1) is 19.0. The monoisotopic (exact) mass is 398 g/mol. The molecular weight excluding hydrogens is 368 g/mol.